The molecule has 0 aliphatic carbocycles. The molecule has 2 aromatic rings. The van der Waals surface area contributed by atoms with E-state index in [0.29, 0.717) is 15.6 Å². The molecular weight excluding hydrogens is 355 g/mol. The quantitative estimate of drug-likeness (QED) is 0.830. The van der Waals surface area contributed by atoms with Gasteiger partial charge in [-0.15, -0.1) is 0 Å². The average molecular weight is 366 g/mol. The molecule has 0 saturated heterocycles. The first kappa shape index (κ1) is 16.5. The summed E-state index contributed by atoms with van der Waals surface area (Å²) in [6.07, 6.45) is 1.33. The summed E-state index contributed by atoms with van der Waals surface area (Å²) in [5.41, 5.74) is 0.629. The summed E-state index contributed by atoms with van der Waals surface area (Å²) in [5.74, 6) is 0. The smallest absolute Gasteiger partial charge is 0.241 e. The second kappa shape index (κ2) is 6.50. The van der Waals surface area contributed by atoms with Crippen LogP contribution in [0, 0.1) is 0 Å². The second-order valence-electron chi connectivity index (χ2n) is 4.32. The van der Waals surface area contributed by atoms with Gasteiger partial charge in [0.25, 0.3) is 0 Å². The Hall–Kier alpha value is -0.850. The Morgan fingerprint density at radius 3 is 2.48 bits per heavy atom. The molecule has 0 radical (unpaired) electrons. The summed E-state index contributed by atoms with van der Waals surface area (Å²) in [4.78, 5) is 3.79. The highest BCUT2D eigenvalue weighted by molar-refractivity contribution is 7.89. The zero-order chi connectivity index (χ0) is 15.6. The molecule has 0 fully saturated rings. The van der Waals surface area contributed by atoms with Crippen molar-refractivity contribution in [1.82, 2.24) is 9.71 Å². The minimum atomic E-state index is -3.72. The number of sulfonamides is 1. The third-order valence-electron chi connectivity index (χ3n) is 2.77. The van der Waals surface area contributed by atoms with Crippen molar-refractivity contribution in [2.45, 2.75) is 17.9 Å². The van der Waals surface area contributed by atoms with Crippen LogP contribution in [0.25, 0.3) is 0 Å². The number of rotatable bonds is 4. The van der Waals surface area contributed by atoms with Crippen molar-refractivity contribution in [3.8, 4) is 0 Å². The Morgan fingerprint density at radius 1 is 1.14 bits per heavy atom. The summed E-state index contributed by atoms with van der Waals surface area (Å²) < 4.78 is 27.1. The van der Waals surface area contributed by atoms with E-state index in [-0.39, 0.29) is 10.0 Å². The van der Waals surface area contributed by atoms with Gasteiger partial charge in [-0.25, -0.2) is 18.1 Å². The van der Waals surface area contributed by atoms with Crippen molar-refractivity contribution in [2.24, 2.45) is 0 Å². The van der Waals surface area contributed by atoms with Crippen LogP contribution in [0.4, 0.5) is 0 Å². The van der Waals surface area contributed by atoms with E-state index in [1.165, 1.54) is 18.3 Å². The second-order valence-corrected chi connectivity index (χ2v) is 7.27. The van der Waals surface area contributed by atoms with Crippen LogP contribution in [0.15, 0.2) is 41.4 Å². The molecule has 112 valence electrons. The van der Waals surface area contributed by atoms with Crippen LogP contribution in [0.3, 0.4) is 0 Å². The number of pyridine rings is 1. The maximum absolute atomic E-state index is 12.3. The number of hydrogen-bond acceptors (Lipinski definition) is 3. The van der Waals surface area contributed by atoms with Crippen LogP contribution in [-0.2, 0) is 10.0 Å². The Morgan fingerprint density at radius 2 is 1.86 bits per heavy atom. The number of halogens is 3. The first-order valence-electron chi connectivity index (χ1n) is 5.88. The monoisotopic (exact) mass is 364 g/mol. The zero-order valence-electron chi connectivity index (χ0n) is 10.8. The average Bonchev–Trinajstić information content (AvgIpc) is 2.37. The van der Waals surface area contributed by atoms with E-state index in [0.717, 1.165) is 0 Å². The molecule has 0 amide bonds. The van der Waals surface area contributed by atoms with Crippen LogP contribution in [0.5, 0.6) is 0 Å². The lowest BCUT2D eigenvalue weighted by atomic mass is 10.1. The summed E-state index contributed by atoms with van der Waals surface area (Å²) >= 11 is 17.6. The topological polar surface area (TPSA) is 59.1 Å². The van der Waals surface area contributed by atoms with Gasteiger partial charge in [0.1, 0.15) is 5.15 Å². The molecule has 8 heteroatoms. The highest BCUT2D eigenvalue weighted by atomic mass is 35.5. The van der Waals surface area contributed by atoms with E-state index >= 15 is 0 Å². The predicted octanol–water partition coefficient (Wildman–Crippen LogP) is 4.08. The minimum Gasteiger partial charge on any atom is -0.244 e. The lowest BCUT2D eigenvalue weighted by molar-refractivity contribution is 0.567. The fraction of sp³-hybridized carbons (Fsp3) is 0.154. The van der Waals surface area contributed by atoms with Crippen LogP contribution in [-0.4, -0.2) is 13.4 Å². The lowest BCUT2D eigenvalue weighted by Gasteiger charge is -2.16. The number of hydrogen-bond donors (Lipinski definition) is 1. The maximum Gasteiger partial charge on any atom is 0.241 e. The Labute approximate surface area is 138 Å². The number of benzene rings is 1. The van der Waals surface area contributed by atoms with Crippen molar-refractivity contribution in [3.05, 3.63) is 57.3 Å². The highest BCUT2D eigenvalue weighted by Crippen LogP contribution is 2.27. The van der Waals surface area contributed by atoms with Gasteiger partial charge in [0.15, 0.2) is 0 Å². The molecule has 0 spiro atoms. The van der Waals surface area contributed by atoms with Gasteiger partial charge in [-0.05, 0) is 36.8 Å². The molecule has 2 rings (SSSR count). The van der Waals surface area contributed by atoms with Crippen LogP contribution in [0.1, 0.15) is 18.5 Å². The normalized spacial score (nSPS) is 13.1. The largest absolute Gasteiger partial charge is 0.244 e. The van der Waals surface area contributed by atoms with Gasteiger partial charge in [0.2, 0.25) is 10.0 Å². The van der Waals surface area contributed by atoms with Crippen LogP contribution < -0.4 is 4.72 Å². The molecule has 1 aromatic heterocycles. The molecule has 0 bridgehead atoms. The van der Waals surface area contributed by atoms with E-state index in [4.69, 9.17) is 34.8 Å². The highest BCUT2D eigenvalue weighted by Gasteiger charge is 2.20. The summed E-state index contributed by atoms with van der Waals surface area (Å²) in [6.45, 7) is 1.69. The molecule has 21 heavy (non-hydrogen) atoms. The zero-order valence-corrected chi connectivity index (χ0v) is 13.9. The molecule has 0 saturated carbocycles. The van der Waals surface area contributed by atoms with E-state index in [2.05, 4.69) is 9.71 Å². The third kappa shape index (κ3) is 4.08. The SMILES string of the molecule is CC(NS(=O)(=O)c1ccnc(Cl)c1)c1ccc(Cl)cc1Cl. The first-order chi connectivity index (χ1) is 9.79. The minimum absolute atomic E-state index is 0.0411. The maximum atomic E-state index is 12.3. The van der Waals surface area contributed by atoms with Gasteiger partial charge in [0.05, 0.1) is 4.90 Å². The van der Waals surface area contributed by atoms with Gasteiger partial charge < -0.3 is 0 Å². The summed E-state index contributed by atoms with van der Waals surface area (Å²) in [5, 5.41) is 0.986. The van der Waals surface area contributed by atoms with Crippen molar-refractivity contribution in [2.75, 3.05) is 0 Å². The van der Waals surface area contributed by atoms with Crippen molar-refractivity contribution in [1.29, 1.82) is 0 Å². The fourth-order valence-electron chi connectivity index (χ4n) is 1.77. The molecular formula is C13H11Cl3N2O2S. The summed E-state index contributed by atoms with van der Waals surface area (Å²) in [7, 11) is -3.72. The molecule has 1 heterocycles. The van der Waals surface area contributed by atoms with Crippen molar-refractivity contribution < 1.29 is 8.42 Å². The molecule has 1 N–H and O–H groups in total. The van der Waals surface area contributed by atoms with Crippen molar-refractivity contribution in [3.63, 3.8) is 0 Å². The van der Waals surface area contributed by atoms with E-state index in [1.54, 1.807) is 25.1 Å². The number of aromatic nitrogens is 1. The number of nitrogens with one attached hydrogen (secondary N) is 1. The molecule has 1 atom stereocenters. The van der Waals surface area contributed by atoms with Crippen LogP contribution >= 0.6 is 34.8 Å². The van der Waals surface area contributed by atoms with Gasteiger partial charge in [0, 0.05) is 22.3 Å². The van der Waals surface area contributed by atoms with E-state index in [1.807, 2.05) is 0 Å². The summed E-state index contributed by atoms with van der Waals surface area (Å²) in [6, 6.07) is 7.01. The number of nitrogens with zero attached hydrogens (tertiary/aromatic N) is 1. The molecule has 0 aliphatic heterocycles. The molecule has 4 nitrogen and oxygen atoms in total. The van der Waals surface area contributed by atoms with Gasteiger partial charge in [-0.2, -0.15) is 0 Å². The third-order valence-corrected chi connectivity index (χ3v) is 5.08. The van der Waals surface area contributed by atoms with Gasteiger partial charge >= 0.3 is 0 Å². The van der Waals surface area contributed by atoms with Crippen molar-refractivity contribution >= 4 is 44.8 Å². The molecule has 1 unspecified atom stereocenters. The standard InChI is InChI=1S/C13H11Cl3N2O2S/c1-8(11-3-2-9(14)6-12(11)15)18-21(19,20)10-4-5-17-13(16)7-10/h2-8,18H,1H3. The Balaban J connectivity index is 2.28. The van der Waals surface area contributed by atoms with E-state index in [9.17, 15) is 8.42 Å². The van der Waals surface area contributed by atoms with E-state index < -0.39 is 16.1 Å². The Bertz CT molecular complexity index is 766. The molecule has 0 aliphatic rings. The lowest BCUT2D eigenvalue weighted by Crippen LogP contribution is -2.27. The fourth-order valence-corrected chi connectivity index (χ4v) is 3.81. The Kier molecular flexibility index (Phi) is 5.11. The predicted molar refractivity (Wildman–Crippen MR) is 84.4 cm³/mol. The molecule has 1 aromatic carbocycles. The van der Waals surface area contributed by atoms with Gasteiger partial charge in [-0.1, -0.05) is 40.9 Å². The first-order valence-corrected chi connectivity index (χ1v) is 8.50. The van der Waals surface area contributed by atoms with Gasteiger partial charge in [-0.3, -0.25) is 0 Å². The van der Waals surface area contributed by atoms with Crippen LogP contribution in [0.2, 0.25) is 15.2 Å².